The van der Waals surface area contributed by atoms with Gasteiger partial charge in [0.1, 0.15) is 0 Å². The lowest BCUT2D eigenvalue weighted by Crippen LogP contribution is -2.50. The molecular formula is C22H24N2O5S. The summed E-state index contributed by atoms with van der Waals surface area (Å²) < 4.78 is 36.2. The summed E-state index contributed by atoms with van der Waals surface area (Å²) in [5.41, 5.74) is 2.95. The molecule has 1 heterocycles. The van der Waals surface area contributed by atoms with Gasteiger partial charge in [-0.25, -0.2) is 0 Å². The number of hydrogen-bond donors (Lipinski definition) is 2. The summed E-state index contributed by atoms with van der Waals surface area (Å²) in [6, 6.07) is 12.1. The molecule has 30 heavy (non-hydrogen) atoms. The van der Waals surface area contributed by atoms with Crippen molar-refractivity contribution >= 4 is 15.7 Å². The monoisotopic (exact) mass is 428 g/mol. The Hall–Kier alpha value is -2.52. The van der Waals surface area contributed by atoms with Crippen molar-refractivity contribution in [2.45, 2.75) is 24.5 Å². The first kappa shape index (κ1) is 20.7. The number of aryl methyl sites for hydroxylation is 2. The first-order chi connectivity index (χ1) is 14.3. The van der Waals surface area contributed by atoms with Gasteiger partial charge < -0.3 is 19.8 Å². The predicted molar refractivity (Wildman–Crippen MR) is 113 cm³/mol. The van der Waals surface area contributed by atoms with Crippen LogP contribution in [-0.2, 0) is 20.5 Å². The number of aliphatic hydroxyl groups excluding tert-OH is 1. The van der Waals surface area contributed by atoms with Crippen LogP contribution in [0.15, 0.2) is 63.5 Å². The fraction of sp³-hybridized carbons (Fsp3) is 0.318. The average molecular weight is 429 g/mol. The highest BCUT2D eigenvalue weighted by Crippen LogP contribution is 2.41. The molecule has 1 aliphatic carbocycles. The number of benzene rings is 2. The van der Waals surface area contributed by atoms with Crippen molar-refractivity contribution in [1.82, 2.24) is 4.90 Å². The van der Waals surface area contributed by atoms with E-state index in [2.05, 4.69) is 4.40 Å². The quantitative estimate of drug-likeness (QED) is 0.771. The van der Waals surface area contributed by atoms with E-state index in [-0.39, 0.29) is 30.4 Å². The number of fused-ring (bicyclic) bond motifs is 3. The molecular weight excluding hydrogens is 404 g/mol. The number of ether oxygens (including phenoxy) is 1. The Morgan fingerprint density at radius 3 is 2.73 bits per heavy atom. The van der Waals surface area contributed by atoms with Crippen LogP contribution in [-0.4, -0.2) is 55.5 Å². The fourth-order valence-corrected chi connectivity index (χ4v) is 5.24. The van der Waals surface area contributed by atoms with E-state index in [0.717, 1.165) is 5.56 Å². The molecule has 8 heteroatoms. The normalized spacial score (nSPS) is 22.5. The van der Waals surface area contributed by atoms with Crippen LogP contribution in [0.25, 0.3) is 0 Å². The fourth-order valence-electron chi connectivity index (χ4n) is 3.92. The van der Waals surface area contributed by atoms with Crippen LogP contribution in [0.1, 0.15) is 22.3 Å². The molecule has 0 amide bonds. The molecule has 2 aliphatic rings. The van der Waals surface area contributed by atoms with E-state index in [0.29, 0.717) is 28.9 Å². The van der Waals surface area contributed by atoms with Crippen LogP contribution < -0.4 is 0 Å². The van der Waals surface area contributed by atoms with Crippen molar-refractivity contribution in [3.8, 4) is 0 Å². The number of aliphatic hydroxyl groups is 2. The maximum atomic E-state index is 13.2. The molecule has 0 saturated carbocycles. The zero-order valence-electron chi connectivity index (χ0n) is 16.9. The number of hydrogen-bond acceptors (Lipinski definition) is 6. The van der Waals surface area contributed by atoms with E-state index < -0.39 is 15.8 Å². The van der Waals surface area contributed by atoms with Gasteiger partial charge in [-0.2, -0.15) is 12.8 Å². The van der Waals surface area contributed by atoms with Crippen molar-refractivity contribution in [1.29, 1.82) is 0 Å². The Kier molecular flexibility index (Phi) is 5.27. The van der Waals surface area contributed by atoms with E-state index in [4.69, 9.17) is 4.74 Å². The molecule has 1 atom stereocenters. The summed E-state index contributed by atoms with van der Waals surface area (Å²) in [6.45, 7) is 4.48. The highest BCUT2D eigenvalue weighted by Gasteiger charge is 2.46. The molecule has 4 rings (SSSR count). The van der Waals surface area contributed by atoms with Gasteiger partial charge in [0.2, 0.25) is 5.79 Å². The lowest BCUT2D eigenvalue weighted by atomic mass is 9.86. The molecule has 1 saturated heterocycles. The van der Waals surface area contributed by atoms with Crippen molar-refractivity contribution in [3.05, 3.63) is 76.5 Å². The Balaban J connectivity index is 1.91. The number of β-amino-alcohol motifs (C(OH)–C–C–N with tert-alkyl or cyclic N) is 1. The van der Waals surface area contributed by atoms with Crippen molar-refractivity contribution in [3.63, 3.8) is 0 Å². The number of sulfonamides is 1. The predicted octanol–water partition coefficient (Wildman–Crippen LogP) is 1.85. The van der Waals surface area contributed by atoms with Gasteiger partial charge >= 0.3 is 0 Å². The van der Waals surface area contributed by atoms with Crippen LogP contribution in [0.2, 0.25) is 0 Å². The van der Waals surface area contributed by atoms with Gasteiger partial charge in [0.15, 0.2) is 0 Å². The van der Waals surface area contributed by atoms with Crippen molar-refractivity contribution in [2.75, 3.05) is 26.3 Å². The van der Waals surface area contributed by atoms with Gasteiger partial charge in [-0.15, -0.1) is 0 Å². The van der Waals surface area contributed by atoms with Crippen molar-refractivity contribution in [2.24, 2.45) is 4.40 Å². The molecule has 1 fully saturated rings. The second kappa shape index (κ2) is 7.63. The van der Waals surface area contributed by atoms with Crippen LogP contribution >= 0.6 is 0 Å². The third-order valence-corrected chi connectivity index (χ3v) is 6.84. The minimum absolute atomic E-state index is 0.109. The van der Waals surface area contributed by atoms with Gasteiger partial charge in [-0.1, -0.05) is 36.4 Å². The van der Waals surface area contributed by atoms with Crippen LogP contribution in [0.5, 0.6) is 0 Å². The summed E-state index contributed by atoms with van der Waals surface area (Å²) >= 11 is 0. The number of morpholine rings is 1. The summed E-state index contributed by atoms with van der Waals surface area (Å²) in [5, 5.41) is 20.8. The summed E-state index contributed by atoms with van der Waals surface area (Å²) in [6.07, 6.45) is 1.54. The van der Waals surface area contributed by atoms with Crippen LogP contribution in [0.4, 0.5) is 0 Å². The van der Waals surface area contributed by atoms with Crippen LogP contribution in [0.3, 0.4) is 0 Å². The first-order valence-corrected chi connectivity index (χ1v) is 11.2. The minimum atomic E-state index is -3.99. The second-order valence-corrected chi connectivity index (χ2v) is 9.07. The SMILES string of the molecule is Cc1ccc(C)c(S(=O)(=O)N=C2C=C3N(CCO)CCOC3(O)c3ccccc32)c1. The van der Waals surface area contributed by atoms with Gasteiger partial charge in [-0.05, 0) is 37.1 Å². The summed E-state index contributed by atoms with van der Waals surface area (Å²) in [4.78, 5) is 1.94. The lowest BCUT2D eigenvalue weighted by molar-refractivity contribution is -0.219. The highest BCUT2D eigenvalue weighted by molar-refractivity contribution is 7.90. The second-order valence-electron chi connectivity index (χ2n) is 7.50. The number of rotatable bonds is 4. The summed E-state index contributed by atoms with van der Waals surface area (Å²) in [5.74, 6) is -1.72. The lowest BCUT2D eigenvalue weighted by Gasteiger charge is -2.45. The molecule has 158 valence electrons. The molecule has 1 aliphatic heterocycles. The van der Waals surface area contributed by atoms with Gasteiger partial charge in [0.05, 0.1) is 29.5 Å². The van der Waals surface area contributed by atoms with E-state index in [1.807, 2.05) is 13.0 Å². The maximum absolute atomic E-state index is 13.2. The number of allylic oxidation sites excluding steroid dienone is 1. The Bertz CT molecular complexity index is 1150. The van der Waals surface area contributed by atoms with Gasteiger partial charge in [0, 0.05) is 24.2 Å². The molecule has 1 unspecified atom stereocenters. The standard InChI is InChI=1S/C22H24N2O5S/c1-15-7-8-16(2)20(13-15)30(27,28)23-19-14-21-22(26,18-6-4-3-5-17(18)19)29-12-10-24(21)9-11-25/h3-8,13-14,25-26H,9-12H2,1-2H3. The first-order valence-electron chi connectivity index (χ1n) is 9.73. The zero-order chi connectivity index (χ0) is 21.5. The van der Waals surface area contributed by atoms with E-state index in [9.17, 15) is 18.6 Å². The minimum Gasteiger partial charge on any atom is -0.395 e. The molecule has 0 aromatic heterocycles. The average Bonchev–Trinajstić information content (AvgIpc) is 2.71. The molecule has 2 aromatic rings. The largest absolute Gasteiger partial charge is 0.395 e. The van der Waals surface area contributed by atoms with E-state index in [1.54, 1.807) is 54.3 Å². The van der Waals surface area contributed by atoms with Crippen LogP contribution in [0, 0.1) is 13.8 Å². The Morgan fingerprint density at radius 2 is 1.97 bits per heavy atom. The molecule has 2 N–H and O–H groups in total. The zero-order valence-corrected chi connectivity index (χ0v) is 17.7. The molecule has 0 radical (unpaired) electrons. The van der Waals surface area contributed by atoms with Gasteiger partial charge in [0.25, 0.3) is 10.0 Å². The summed E-state index contributed by atoms with van der Waals surface area (Å²) in [7, 11) is -3.99. The Labute approximate surface area is 176 Å². The van der Waals surface area contributed by atoms with E-state index in [1.165, 1.54) is 0 Å². The topological polar surface area (TPSA) is 99.4 Å². The third-order valence-electron chi connectivity index (χ3n) is 5.41. The third kappa shape index (κ3) is 3.45. The Morgan fingerprint density at radius 1 is 1.20 bits per heavy atom. The smallest absolute Gasteiger partial charge is 0.283 e. The van der Waals surface area contributed by atoms with E-state index >= 15 is 0 Å². The van der Waals surface area contributed by atoms with Gasteiger partial charge in [-0.3, -0.25) is 0 Å². The maximum Gasteiger partial charge on any atom is 0.283 e. The molecule has 7 nitrogen and oxygen atoms in total. The molecule has 2 aromatic carbocycles. The van der Waals surface area contributed by atoms with Crippen molar-refractivity contribution < 1.29 is 23.4 Å². The molecule has 0 bridgehead atoms. The molecule has 0 spiro atoms. The highest BCUT2D eigenvalue weighted by atomic mass is 32.2. The number of nitrogens with zero attached hydrogens (tertiary/aromatic N) is 2.